The van der Waals surface area contributed by atoms with Gasteiger partial charge in [-0.15, -0.1) is 18.3 Å². The lowest BCUT2D eigenvalue weighted by Crippen LogP contribution is -2.35. The van der Waals surface area contributed by atoms with Gasteiger partial charge in [0, 0.05) is 13.1 Å². The van der Waals surface area contributed by atoms with Gasteiger partial charge in [-0.25, -0.2) is 5.84 Å². The van der Waals surface area contributed by atoms with Crippen molar-refractivity contribution in [1.82, 2.24) is 20.2 Å². The number of thiocarbonyl (C=S) groups is 1. The van der Waals surface area contributed by atoms with Gasteiger partial charge in [-0.3, -0.25) is 5.43 Å². The monoisotopic (exact) mass is 253 g/mol. The lowest BCUT2D eigenvalue weighted by molar-refractivity contribution is 0.845. The van der Waals surface area contributed by atoms with E-state index in [1.807, 2.05) is 4.90 Å². The van der Waals surface area contributed by atoms with Gasteiger partial charge in [-0.1, -0.05) is 12.2 Å². The van der Waals surface area contributed by atoms with Crippen LogP contribution in [0.25, 0.3) is 0 Å². The average molecular weight is 253 g/mol. The Morgan fingerprint density at radius 1 is 1.47 bits per heavy atom. The summed E-state index contributed by atoms with van der Waals surface area (Å²) in [6, 6.07) is 0. The molecule has 1 aromatic rings. The first-order chi connectivity index (χ1) is 8.13. The Kier molecular flexibility index (Phi) is 4.61. The Balaban J connectivity index is 3.00. The lowest BCUT2D eigenvalue weighted by Gasteiger charge is -2.16. The summed E-state index contributed by atoms with van der Waals surface area (Å²) in [4.78, 5) is 5.93. The second-order valence-corrected chi connectivity index (χ2v) is 3.50. The molecule has 0 aliphatic carbocycles. The van der Waals surface area contributed by atoms with Crippen LogP contribution < -0.4 is 21.9 Å². The maximum Gasteiger partial charge on any atom is 0.247 e. The van der Waals surface area contributed by atoms with E-state index in [4.69, 9.17) is 23.8 Å². The smallest absolute Gasteiger partial charge is 0.247 e. The third-order valence-corrected chi connectivity index (χ3v) is 2.21. The molecular weight excluding hydrogens is 238 g/mol. The van der Waals surface area contributed by atoms with Crippen molar-refractivity contribution in [3.63, 3.8) is 0 Å². The van der Waals surface area contributed by atoms with Gasteiger partial charge in [0.2, 0.25) is 17.0 Å². The van der Waals surface area contributed by atoms with E-state index >= 15 is 0 Å². The number of hydrazine groups is 1. The summed E-state index contributed by atoms with van der Waals surface area (Å²) in [6.45, 7) is 8.49. The van der Waals surface area contributed by atoms with Crippen molar-refractivity contribution >= 4 is 29.2 Å². The molecule has 17 heavy (non-hydrogen) atoms. The maximum absolute atomic E-state index is 5.68. The Bertz CT molecular complexity index is 415. The van der Waals surface area contributed by atoms with Crippen LogP contribution in [0.3, 0.4) is 0 Å². The fourth-order valence-electron chi connectivity index (χ4n) is 1.21. The molecule has 0 fully saturated rings. The van der Waals surface area contributed by atoms with E-state index < -0.39 is 0 Å². The molecule has 0 atom stereocenters. The average Bonchev–Trinajstić information content (AvgIpc) is 2.70. The number of nitrogens with two attached hydrogens (primary N) is 2. The Morgan fingerprint density at radius 2 is 2.06 bits per heavy atom. The van der Waals surface area contributed by atoms with Gasteiger partial charge in [-0.2, -0.15) is 9.67 Å². The van der Waals surface area contributed by atoms with Crippen LogP contribution in [0.2, 0.25) is 0 Å². The number of nitrogen functional groups attached to an aromatic ring is 1. The minimum absolute atomic E-state index is 0.168. The fourth-order valence-corrected chi connectivity index (χ4v) is 1.34. The molecule has 92 valence electrons. The highest BCUT2D eigenvalue weighted by Crippen LogP contribution is 2.10. The topological polar surface area (TPSA) is 98.0 Å². The van der Waals surface area contributed by atoms with Crippen molar-refractivity contribution in [1.29, 1.82) is 0 Å². The number of hydrogen-bond acceptors (Lipinski definition) is 6. The van der Waals surface area contributed by atoms with E-state index in [-0.39, 0.29) is 11.1 Å². The van der Waals surface area contributed by atoms with Crippen LogP contribution in [0, 0.1) is 0 Å². The van der Waals surface area contributed by atoms with Gasteiger partial charge in [0.15, 0.2) is 0 Å². The van der Waals surface area contributed by atoms with Crippen LogP contribution in [-0.4, -0.2) is 33.0 Å². The molecule has 0 aliphatic rings. The fraction of sp³-hybridized carbons (Fsp3) is 0.222. The van der Waals surface area contributed by atoms with E-state index in [1.165, 1.54) is 4.68 Å². The van der Waals surface area contributed by atoms with Gasteiger partial charge in [0.05, 0.1) is 0 Å². The molecule has 0 bridgehead atoms. The zero-order valence-corrected chi connectivity index (χ0v) is 10.2. The van der Waals surface area contributed by atoms with Gasteiger partial charge in [0.1, 0.15) is 0 Å². The number of nitrogens with one attached hydrogen (secondary N) is 1. The Morgan fingerprint density at radius 3 is 2.53 bits per heavy atom. The summed E-state index contributed by atoms with van der Waals surface area (Å²) in [7, 11) is 0. The number of anilines is 2. The normalized spacial score (nSPS) is 9.71. The SMILES string of the molecule is C=CCN(CC=C)c1nc(N)n(C(=S)NN)n1. The quantitative estimate of drug-likeness (QED) is 0.285. The van der Waals surface area contributed by atoms with E-state index in [0.29, 0.717) is 19.0 Å². The molecule has 0 radical (unpaired) electrons. The number of aromatic nitrogens is 3. The molecule has 0 aromatic carbocycles. The Labute approximate surface area is 105 Å². The van der Waals surface area contributed by atoms with Crippen molar-refractivity contribution < 1.29 is 0 Å². The summed E-state index contributed by atoms with van der Waals surface area (Å²) < 4.78 is 1.25. The zero-order valence-electron chi connectivity index (χ0n) is 9.33. The molecule has 0 aliphatic heterocycles. The van der Waals surface area contributed by atoms with Crippen LogP contribution in [0.5, 0.6) is 0 Å². The molecule has 0 saturated carbocycles. The summed E-state index contributed by atoms with van der Waals surface area (Å²) in [6.07, 6.45) is 3.47. The van der Waals surface area contributed by atoms with Crippen LogP contribution >= 0.6 is 12.2 Å². The zero-order chi connectivity index (χ0) is 12.8. The molecule has 1 heterocycles. The predicted octanol–water partition coefficient (Wildman–Crippen LogP) is -0.365. The third-order valence-electron chi connectivity index (χ3n) is 1.92. The molecular formula is C9H15N7S. The van der Waals surface area contributed by atoms with Gasteiger partial charge >= 0.3 is 0 Å². The second kappa shape index (κ2) is 5.97. The highest BCUT2D eigenvalue weighted by Gasteiger charge is 2.14. The largest absolute Gasteiger partial charge is 0.368 e. The van der Waals surface area contributed by atoms with Crippen molar-refractivity contribution in [3.8, 4) is 0 Å². The van der Waals surface area contributed by atoms with Gasteiger partial charge in [-0.05, 0) is 12.2 Å². The number of rotatable bonds is 5. The van der Waals surface area contributed by atoms with E-state index in [0.717, 1.165) is 0 Å². The predicted molar refractivity (Wildman–Crippen MR) is 72.4 cm³/mol. The molecule has 0 unspecified atom stereocenters. The minimum Gasteiger partial charge on any atom is -0.368 e. The molecule has 0 amide bonds. The van der Waals surface area contributed by atoms with Crippen LogP contribution in [-0.2, 0) is 0 Å². The molecule has 8 heteroatoms. The highest BCUT2D eigenvalue weighted by molar-refractivity contribution is 7.80. The first-order valence-corrected chi connectivity index (χ1v) is 5.25. The minimum atomic E-state index is 0.168. The summed E-state index contributed by atoms with van der Waals surface area (Å²) in [5, 5.41) is 4.32. The van der Waals surface area contributed by atoms with Crippen molar-refractivity contribution in [3.05, 3.63) is 25.3 Å². The van der Waals surface area contributed by atoms with Crippen LogP contribution in [0.4, 0.5) is 11.9 Å². The van der Waals surface area contributed by atoms with Crippen molar-refractivity contribution in [2.75, 3.05) is 23.7 Å². The molecule has 1 rings (SSSR count). The summed E-state index contributed by atoms with van der Waals surface area (Å²) in [5.74, 6) is 5.81. The van der Waals surface area contributed by atoms with Crippen molar-refractivity contribution in [2.45, 2.75) is 0 Å². The summed E-state index contributed by atoms with van der Waals surface area (Å²) in [5.41, 5.74) is 7.97. The van der Waals surface area contributed by atoms with E-state index in [1.54, 1.807) is 12.2 Å². The first-order valence-electron chi connectivity index (χ1n) is 4.84. The third kappa shape index (κ3) is 3.02. The van der Waals surface area contributed by atoms with E-state index in [2.05, 4.69) is 28.7 Å². The molecule has 0 saturated heterocycles. The standard InChI is InChI=1S/C9H15N7S/c1-3-5-15(6-4-2)8-12-7(10)16(14-8)9(17)13-11/h3-4H,1-2,5-6,11H2,(H,13,17)(H2,10,12,14). The maximum atomic E-state index is 5.68. The molecule has 1 aromatic heterocycles. The number of hydrogen-bond donors (Lipinski definition) is 3. The highest BCUT2D eigenvalue weighted by atomic mass is 32.1. The molecule has 5 N–H and O–H groups in total. The van der Waals surface area contributed by atoms with Gasteiger partial charge in [0.25, 0.3) is 0 Å². The van der Waals surface area contributed by atoms with Crippen molar-refractivity contribution in [2.24, 2.45) is 5.84 Å². The summed E-state index contributed by atoms with van der Waals surface area (Å²) >= 11 is 4.92. The molecule has 0 spiro atoms. The number of nitrogens with zero attached hydrogens (tertiary/aromatic N) is 4. The van der Waals surface area contributed by atoms with Gasteiger partial charge < -0.3 is 10.6 Å². The van der Waals surface area contributed by atoms with Crippen LogP contribution in [0.1, 0.15) is 0 Å². The first kappa shape index (κ1) is 13.1. The lowest BCUT2D eigenvalue weighted by atomic mass is 10.5. The van der Waals surface area contributed by atoms with Crippen LogP contribution in [0.15, 0.2) is 25.3 Å². The molecule has 7 nitrogen and oxygen atoms in total. The Hall–Kier alpha value is -1.93. The second-order valence-electron chi connectivity index (χ2n) is 3.11. The van der Waals surface area contributed by atoms with E-state index in [9.17, 15) is 0 Å².